The molecule has 0 heterocycles. The Labute approximate surface area is 164 Å². The summed E-state index contributed by atoms with van der Waals surface area (Å²) in [6.45, 7) is 2.67. The molecule has 27 heavy (non-hydrogen) atoms. The molecule has 0 radical (unpaired) electrons. The first-order valence-electron chi connectivity index (χ1n) is 8.67. The lowest BCUT2D eigenvalue weighted by Gasteiger charge is -2.11. The number of rotatable bonds is 7. The first kappa shape index (κ1) is 18.8. The van der Waals surface area contributed by atoms with Gasteiger partial charge in [-0.2, -0.15) is 0 Å². The number of aryl methyl sites for hydroxylation is 1. The minimum atomic E-state index is -0.104. The predicted octanol–water partition coefficient (Wildman–Crippen LogP) is 5.28. The van der Waals surface area contributed by atoms with Crippen LogP contribution in [0.3, 0.4) is 0 Å². The molecule has 0 aliphatic heterocycles. The van der Waals surface area contributed by atoms with Crippen molar-refractivity contribution in [1.29, 1.82) is 0 Å². The number of anilines is 2. The van der Waals surface area contributed by atoms with Crippen LogP contribution in [-0.4, -0.2) is 12.5 Å². The summed E-state index contributed by atoms with van der Waals surface area (Å²) < 4.78 is 5.74. The topological polar surface area (TPSA) is 50.4 Å². The molecule has 0 saturated heterocycles. The highest BCUT2D eigenvalue weighted by molar-refractivity contribution is 6.30. The summed E-state index contributed by atoms with van der Waals surface area (Å²) in [7, 11) is 0. The summed E-state index contributed by atoms with van der Waals surface area (Å²) in [4.78, 5) is 12.1. The van der Waals surface area contributed by atoms with Crippen molar-refractivity contribution in [1.82, 2.24) is 0 Å². The quantitative estimate of drug-likeness (QED) is 0.586. The number of benzene rings is 3. The van der Waals surface area contributed by atoms with Gasteiger partial charge >= 0.3 is 0 Å². The first-order chi connectivity index (χ1) is 13.1. The van der Waals surface area contributed by atoms with Gasteiger partial charge in [-0.25, -0.2) is 0 Å². The molecular formula is C22H21ClN2O2. The van der Waals surface area contributed by atoms with Gasteiger partial charge in [0.25, 0.3) is 0 Å². The number of carbonyl (C=O) groups is 1. The molecule has 0 aliphatic rings. The molecule has 0 fully saturated rings. The molecule has 4 nitrogen and oxygen atoms in total. The van der Waals surface area contributed by atoms with E-state index >= 15 is 0 Å². The van der Waals surface area contributed by atoms with Gasteiger partial charge in [-0.05, 0) is 60.5 Å². The lowest BCUT2D eigenvalue weighted by molar-refractivity contribution is -0.114. The maximum Gasteiger partial charge on any atom is 0.243 e. The van der Waals surface area contributed by atoms with Crippen LogP contribution in [0, 0.1) is 6.92 Å². The number of halogens is 1. The molecule has 0 aromatic heterocycles. The van der Waals surface area contributed by atoms with Crippen LogP contribution in [-0.2, 0) is 11.4 Å². The number of nitrogens with one attached hydrogen (secondary N) is 2. The molecular weight excluding hydrogens is 360 g/mol. The fourth-order valence-electron chi connectivity index (χ4n) is 2.53. The first-order valence-corrected chi connectivity index (χ1v) is 9.04. The fraction of sp³-hybridized carbons (Fsp3) is 0.136. The smallest absolute Gasteiger partial charge is 0.243 e. The molecule has 0 unspecified atom stereocenters. The fourth-order valence-corrected chi connectivity index (χ4v) is 2.66. The van der Waals surface area contributed by atoms with Gasteiger partial charge in [0.05, 0.1) is 6.54 Å². The Bertz CT molecular complexity index is 893. The molecule has 3 rings (SSSR count). The zero-order valence-corrected chi connectivity index (χ0v) is 15.8. The molecule has 0 spiro atoms. The van der Waals surface area contributed by atoms with Gasteiger partial charge in [0.1, 0.15) is 12.4 Å². The predicted molar refractivity (Wildman–Crippen MR) is 111 cm³/mol. The third kappa shape index (κ3) is 5.76. The van der Waals surface area contributed by atoms with Crippen molar-refractivity contribution in [2.24, 2.45) is 0 Å². The van der Waals surface area contributed by atoms with E-state index in [1.165, 1.54) is 0 Å². The van der Waals surface area contributed by atoms with Crippen molar-refractivity contribution >= 4 is 28.9 Å². The number of hydrogen-bond donors (Lipinski definition) is 2. The van der Waals surface area contributed by atoms with Crippen molar-refractivity contribution in [3.63, 3.8) is 0 Å². The Morgan fingerprint density at radius 1 is 0.963 bits per heavy atom. The molecule has 5 heteroatoms. The third-order valence-corrected chi connectivity index (χ3v) is 4.29. The average molecular weight is 381 g/mol. The highest BCUT2D eigenvalue weighted by Gasteiger charge is 2.04. The van der Waals surface area contributed by atoms with Gasteiger partial charge in [0.2, 0.25) is 5.91 Å². The summed E-state index contributed by atoms with van der Waals surface area (Å²) in [6.07, 6.45) is 0. The lowest BCUT2D eigenvalue weighted by atomic mass is 10.2. The van der Waals surface area contributed by atoms with Crippen molar-refractivity contribution in [2.75, 3.05) is 17.2 Å². The largest absolute Gasteiger partial charge is 0.489 e. The monoisotopic (exact) mass is 380 g/mol. The van der Waals surface area contributed by atoms with E-state index in [4.69, 9.17) is 16.3 Å². The van der Waals surface area contributed by atoms with E-state index in [2.05, 4.69) is 10.6 Å². The van der Waals surface area contributed by atoms with Gasteiger partial charge in [0, 0.05) is 16.4 Å². The standard InChI is InChI=1S/C22H21ClN2O2/c1-16-4-2-3-5-21(16)24-14-22(26)25-19-10-12-20(13-11-19)27-15-17-6-8-18(23)9-7-17/h2-13,24H,14-15H2,1H3,(H,25,26). The Kier molecular flexibility index (Phi) is 6.34. The third-order valence-electron chi connectivity index (χ3n) is 4.04. The number of ether oxygens (including phenoxy) is 1. The Balaban J connectivity index is 1.47. The average Bonchev–Trinajstić information content (AvgIpc) is 2.68. The molecule has 2 N–H and O–H groups in total. The van der Waals surface area contributed by atoms with E-state index in [1.807, 2.05) is 79.7 Å². The van der Waals surface area contributed by atoms with E-state index in [0.717, 1.165) is 28.3 Å². The van der Waals surface area contributed by atoms with Gasteiger partial charge in [0.15, 0.2) is 0 Å². The second kappa shape index (κ2) is 9.10. The molecule has 0 aliphatic carbocycles. The normalized spacial score (nSPS) is 10.3. The lowest BCUT2D eigenvalue weighted by Crippen LogP contribution is -2.21. The summed E-state index contributed by atoms with van der Waals surface area (Å²) in [5.41, 5.74) is 3.83. The van der Waals surface area contributed by atoms with Crippen LogP contribution in [0.25, 0.3) is 0 Å². The Morgan fingerprint density at radius 3 is 2.37 bits per heavy atom. The van der Waals surface area contributed by atoms with Crippen molar-refractivity contribution < 1.29 is 9.53 Å². The zero-order chi connectivity index (χ0) is 19.1. The van der Waals surface area contributed by atoms with E-state index < -0.39 is 0 Å². The van der Waals surface area contributed by atoms with E-state index in [0.29, 0.717) is 11.6 Å². The number of carbonyl (C=O) groups excluding carboxylic acids is 1. The molecule has 0 saturated carbocycles. The number of para-hydroxylation sites is 1. The Morgan fingerprint density at radius 2 is 1.67 bits per heavy atom. The van der Waals surface area contributed by atoms with Crippen LogP contribution in [0.1, 0.15) is 11.1 Å². The van der Waals surface area contributed by atoms with Crippen LogP contribution in [0.5, 0.6) is 5.75 Å². The maximum atomic E-state index is 12.1. The van der Waals surface area contributed by atoms with Crippen molar-refractivity contribution in [2.45, 2.75) is 13.5 Å². The maximum absolute atomic E-state index is 12.1. The summed E-state index contributed by atoms with van der Waals surface area (Å²) >= 11 is 5.87. The van der Waals surface area contributed by atoms with Gasteiger partial charge in [-0.1, -0.05) is 41.9 Å². The van der Waals surface area contributed by atoms with E-state index in [-0.39, 0.29) is 12.5 Å². The van der Waals surface area contributed by atoms with Crippen LogP contribution < -0.4 is 15.4 Å². The second-order valence-electron chi connectivity index (χ2n) is 6.16. The SMILES string of the molecule is Cc1ccccc1NCC(=O)Nc1ccc(OCc2ccc(Cl)cc2)cc1. The van der Waals surface area contributed by atoms with Gasteiger partial charge in [-0.15, -0.1) is 0 Å². The minimum absolute atomic E-state index is 0.104. The minimum Gasteiger partial charge on any atom is -0.489 e. The zero-order valence-electron chi connectivity index (χ0n) is 15.0. The van der Waals surface area contributed by atoms with Crippen molar-refractivity contribution in [3.8, 4) is 5.75 Å². The Hall–Kier alpha value is -2.98. The van der Waals surface area contributed by atoms with E-state index in [9.17, 15) is 4.79 Å². The highest BCUT2D eigenvalue weighted by Crippen LogP contribution is 2.18. The van der Waals surface area contributed by atoms with Crippen LogP contribution >= 0.6 is 11.6 Å². The van der Waals surface area contributed by atoms with Crippen molar-refractivity contribution in [3.05, 3.63) is 88.9 Å². The van der Waals surface area contributed by atoms with Crippen LogP contribution in [0.2, 0.25) is 5.02 Å². The summed E-state index contributed by atoms with van der Waals surface area (Å²) in [5.74, 6) is 0.633. The van der Waals surface area contributed by atoms with Crippen LogP contribution in [0.15, 0.2) is 72.8 Å². The molecule has 0 atom stereocenters. The van der Waals surface area contributed by atoms with Gasteiger partial charge in [-0.3, -0.25) is 4.79 Å². The molecule has 138 valence electrons. The number of amides is 1. The molecule has 3 aromatic rings. The van der Waals surface area contributed by atoms with Gasteiger partial charge < -0.3 is 15.4 Å². The highest BCUT2D eigenvalue weighted by atomic mass is 35.5. The summed E-state index contributed by atoms with van der Waals surface area (Å²) in [6, 6.07) is 22.7. The second-order valence-corrected chi connectivity index (χ2v) is 6.59. The molecule has 0 bridgehead atoms. The van der Waals surface area contributed by atoms with E-state index in [1.54, 1.807) is 0 Å². The summed E-state index contributed by atoms with van der Waals surface area (Å²) in [5, 5.41) is 6.71. The molecule has 3 aromatic carbocycles. The number of hydrogen-bond acceptors (Lipinski definition) is 3. The molecule has 1 amide bonds. The van der Waals surface area contributed by atoms with Crippen LogP contribution in [0.4, 0.5) is 11.4 Å².